The molecule has 4 rings (SSSR count). The Morgan fingerprint density at radius 3 is 2.58 bits per heavy atom. The Balaban J connectivity index is 1.58. The van der Waals surface area contributed by atoms with Gasteiger partial charge in [-0.2, -0.15) is 0 Å². The maximum atomic E-state index is 12.9. The fourth-order valence-electron chi connectivity index (χ4n) is 3.57. The van der Waals surface area contributed by atoms with Crippen molar-refractivity contribution in [3.63, 3.8) is 0 Å². The number of benzene rings is 2. The summed E-state index contributed by atoms with van der Waals surface area (Å²) in [6.07, 6.45) is 1.14. The van der Waals surface area contributed by atoms with Crippen LogP contribution in [-0.4, -0.2) is 29.3 Å². The zero-order valence-electron chi connectivity index (χ0n) is 13.1. The number of hydrogen-bond acceptors (Lipinski definition) is 3. The van der Waals surface area contributed by atoms with Gasteiger partial charge in [0.05, 0.1) is 18.2 Å². The standard InChI is InChI=1S/C19H17ClN2O2/c20-15-6-3-7-16(10-15)22-18(23)11-17(19(22)24)21-9-8-13-4-1-2-5-14(13)12-21/h1-7,10,17H,8-9,11-12H2/t17-/m0/s1. The lowest BCUT2D eigenvalue weighted by Crippen LogP contribution is -2.44. The van der Waals surface area contributed by atoms with Crippen molar-refractivity contribution in [3.05, 3.63) is 64.7 Å². The number of carbonyl (C=O) groups excluding carboxylic acids is 2. The number of amides is 2. The largest absolute Gasteiger partial charge is 0.287 e. The summed E-state index contributed by atoms with van der Waals surface area (Å²) < 4.78 is 0. The molecule has 0 unspecified atom stereocenters. The van der Waals surface area contributed by atoms with Gasteiger partial charge in [0.2, 0.25) is 5.91 Å². The van der Waals surface area contributed by atoms with Gasteiger partial charge in [-0.25, -0.2) is 4.90 Å². The smallest absolute Gasteiger partial charge is 0.251 e. The number of fused-ring (bicyclic) bond motifs is 1. The average molecular weight is 341 g/mol. The topological polar surface area (TPSA) is 40.6 Å². The predicted molar refractivity (Wildman–Crippen MR) is 92.9 cm³/mol. The van der Waals surface area contributed by atoms with Gasteiger partial charge in [-0.05, 0) is 35.7 Å². The van der Waals surface area contributed by atoms with Crippen LogP contribution in [0.4, 0.5) is 5.69 Å². The molecular weight excluding hydrogens is 324 g/mol. The van der Waals surface area contributed by atoms with E-state index in [1.807, 2.05) is 12.1 Å². The van der Waals surface area contributed by atoms with E-state index in [2.05, 4.69) is 17.0 Å². The van der Waals surface area contributed by atoms with Gasteiger partial charge >= 0.3 is 0 Å². The average Bonchev–Trinajstić information content (AvgIpc) is 2.89. The zero-order chi connectivity index (χ0) is 16.7. The Kier molecular flexibility index (Phi) is 3.87. The summed E-state index contributed by atoms with van der Waals surface area (Å²) >= 11 is 6.00. The number of rotatable bonds is 2. The molecule has 4 nitrogen and oxygen atoms in total. The molecule has 2 aromatic carbocycles. The van der Waals surface area contributed by atoms with Crippen molar-refractivity contribution >= 4 is 29.1 Å². The van der Waals surface area contributed by atoms with Crippen LogP contribution >= 0.6 is 11.6 Å². The number of hydrogen-bond donors (Lipinski definition) is 0. The molecular formula is C19H17ClN2O2. The molecule has 2 aliphatic rings. The minimum absolute atomic E-state index is 0.151. The van der Waals surface area contributed by atoms with E-state index in [1.54, 1.807) is 24.3 Å². The van der Waals surface area contributed by atoms with Crippen LogP contribution in [0.2, 0.25) is 5.02 Å². The molecule has 0 aromatic heterocycles. The maximum Gasteiger partial charge on any atom is 0.251 e. The quantitative estimate of drug-likeness (QED) is 0.789. The van der Waals surface area contributed by atoms with E-state index in [-0.39, 0.29) is 24.3 Å². The number of carbonyl (C=O) groups is 2. The zero-order valence-corrected chi connectivity index (χ0v) is 13.9. The van der Waals surface area contributed by atoms with Crippen LogP contribution in [0.25, 0.3) is 0 Å². The molecule has 2 aliphatic heterocycles. The summed E-state index contributed by atoms with van der Waals surface area (Å²) in [7, 11) is 0. The maximum absolute atomic E-state index is 12.9. The highest BCUT2D eigenvalue weighted by atomic mass is 35.5. The van der Waals surface area contributed by atoms with Crippen LogP contribution in [0.3, 0.4) is 0 Å². The summed E-state index contributed by atoms with van der Waals surface area (Å²) in [6.45, 7) is 1.51. The van der Waals surface area contributed by atoms with E-state index in [0.717, 1.165) is 13.0 Å². The Morgan fingerprint density at radius 2 is 1.79 bits per heavy atom. The first kappa shape index (κ1) is 15.4. The summed E-state index contributed by atoms with van der Waals surface area (Å²) in [5, 5.41) is 0.517. The van der Waals surface area contributed by atoms with E-state index in [4.69, 9.17) is 11.6 Å². The molecule has 122 valence electrons. The molecule has 1 saturated heterocycles. The third kappa shape index (κ3) is 2.62. The van der Waals surface area contributed by atoms with Gasteiger partial charge in [0.25, 0.3) is 5.91 Å². The first-order valence-corrected chi connectivity index (χ1v) is 8.44. The van der Waals surface area contributed by atoms with Gasteiger partial charge in [0.15, 0.2) is 0 Å². The molecule has 2 heterocycles. The third-order valence-corrected chi connectivity index (χ3v) is 5.03. The Morgan fingerprint density at radius 1 is 1.00 bits per heavy atom. The molecule has 24 heavy (non-hydrogen) atoms. The van der Waals surface area contributed by atoms with E-state index in [9.17, 15) is 9.59 Å². The van der Waals surface area contributed by atoms with Crippen molar-refractivity contribution in [1.29, 1.82) is 0 Å². The first-order chi connectivity index (χ1) is 11.6. The van der Waals surface area contributed by atoms with Gasteiger partial charge in [-0.3, -0.25) is 14.5 Å². The van der Waals surface area contributed by atoms with Crippen molar-refractivity contribution in [2.24, 2.45) is 0 Å². The highest BCUT2D eigenvalue weighted by Gasteiger charge is 2.43. The van der Waals surface area contributed by atoms with Crippen LogP contribution in [-0.2, 0) is 22.6 Å². The Labute approximate surface area is 145 Å². The van der Waals surface area contributed by atoms with Crippen molar-refractivity contribution < 1.29 is 9.59 Å². The van der Waals surface area contributed by atoms with Gasteiger partial charge < -0.3 is 0 Å². The van der Waals surface area contributed by atoms with Gasteiger partial charge in [0.1, 0.15) is 0 Å². The summed E-state index contributed by atoms with van der Waals surface area (Å²) in [4.78, 5) is 28.7. The van der Waals surface area contributed by atoms with Gasteiger partial charge in [-0.15, -0.1) is 0 Å². The molecule has 0 radical (unpaired) electrons. The Hall–Kier alpha value is -2.17. The minimum Gasteiger partial charge on any atom is -0.287 e. The van der Waals surface area contributed by atoms with Gasteiger partial charge in [-0.1, -0.05) is 41.9 Å². The second kappa shape index (κ2) is 6.04. The molecule has 1 fully saturated rings. The van der Waals surface area contributed by atoms with Crippen LogP contribution in [0, 0.1) is 0 Å². The normalized spacial score (nSPS) is 21.2. The number of imide groups is 1. The fraction of sp³-hybridized carbons (Fsp3) is 0.263. The minimum atomic E-state index is -0.384. The monoisotopic (exact) mass is 340 g/mol. The van der Waals surface area contributed by atoms with E-state index in [0.29, 0.717) is 17.3 Å². The summed E-state index contributed by atoms with van der Waals surface area (Å²) in [5.41, 5.74) is 3.12. The summed E-state index contributed by atoms with van der Waals surface area (Å²) in [6, 6.07) is 14.8. The highest BCUT2D eigenvalue weighted by molar-refractivity contribution is 6.31. The molecule has 5 heteroatoms. The van der Waals surface area contributed by atoms with Crippen molar-refractivity contribution in [3.8, 4) is 0 Å². The first-order valence-electron chi connectivity index (χ1n) is 8.07. The lowest BCUT2D eigenvalue weighted by atomic mass is 9.98. The molecule has 0 N–H and O–H groups in total. The van der Waals surface area contributed by atoms with Crippen LogP contribution in [0.5, 0.6) is 0 Å². The fourth-order valence-corrected chi connectivity index (χ4v) is 3.76. The Bertz CT molecular complexity index is 821. The molecule has 1 atom stereocenters. The second-order valence-electron chi connectivity index (χ2n) is 6.26. The molecule has 0 aliphatic carbocycles. The number of halogens is 1. The second-order valence-corrected chi connectivity index (χ2v) is 6.69. The molecule has 0 bridgehead atoms. The van der Waals surface area contributed by atoms with E-state index >= 15 is 0 Å². The number of nitrogens with zero attached hydrogens (tertiary/aromatic N) is 2. The van der Waals surface area contributed by atoms with E-state index < -0.39 is 0 Å². The molecule has 2 amide bonds. The van der Waals surface area contributed by atoms with Crippen molar-refractivity contribution in [2.75, 3.05) is 11.4 Å². The SMILES string of the molecule is O=C1C[C@H](N2CCc3ccccc3C2)C(=O)N1c1cccc(Cl)c1. The molecule has 2 aromatic rings. The third-order valence-electron chi connectivity index (χ3n) is 4.79. The molecule has 0 spiro atoms. The lowest BCUT2D eigenvalue weighted by Gasteiger charge is -2.32. The van der Waals surface area contributed by atoms with Crippen LogP contribution in [0.1, 0.15) is 17.5 Å². The highest BCUT2D eigenvalue weighted by Crippen LogP contribution is 2.30. The predicted octanol–water partition coefficient (Wildman–Crippen LogP) is 3.03. The van der Waals surface area contributed by atoms with Crippen molar-refractivity contribution in [1.82, 2.24) is 4.90 Å². The molecule has 0 saturated carbocycles. The van der Waals surface area contributed by atoms with Gasteiger partial charge in [0, 0.05) is 18.1 Å². The lowest BCUT2D eigenvalue weighted by molar-refractivity contribution is -0.123. The summed E-state index contributed by atoms with van der Waals surface area (Å²) in [5.74, 6) is -0.312. The van der Waals surface area contributed by atoms with Crippen LogP contribution in [0.15, 0.2) is 48.5 Å². The van der Waals surface area contributed by atoms with Crippen LogP contribution < -0.4 is 4.90 Å². The van der Waals surface area contributed by atoms with E-state index in [1.165, 1.54) is 16.0 Å². The van der Waals surface area contributed by atoms with Crippen molar-refractivity contribution in [2.45, 2.75) is 25.4 Å². The number of anilines is 1.